The van der Waals surface area contributed by atoms with Crippen LogP contribution >= 0.6 is 0 Å². The Hall–Kier alpha value is -1.37. The summed E-state index contributed by atoms with van der Waals surface area (Å²) in [5.41, 5.74) is 0.892. The van der Waals surface area contributed by atoms with Crippen molar-refractivity contribution in [3.63, 3.8) is 0 Å². The van der Waals surface area contributed by atoms with Crippen LogP contribution in [0.3, 0.4) is 0 Å². The molecule has 0 aromatic carbocycles. The molecule has 1 aromatic rings. The maximum Gasteiger partial charge on any atom is 0.149 e. The van der Waals surface area contributed by atoms with Crippen molar-refractivity contribution in [1.82, 2.24) is 9.97 Å². The van der Waals surface area contributed by atoms with Crippen LogP contribution in [0.5, 0.6) is 0 Å². The van der Waals surface area contributed by atoms with Crippen molar-refractivity contribution in [3.05, 3.63) is 11.9 Å². The molecule has 0 saturated carbocycles. The van der Waals surface area contributed by atoms with Gasteiger partial charge in [-0.25, -0.2) is 18.4 Å². The first-order valence-electron chi connectivity index (χ1n) is 5.41. The molecule has 7 heteroatoms. The molecule has 0 aliphatic heterocycles. The summed E-state index contributed by atoms with van der Waals surface area (Å²) in [5.74, 6) is 1.52. The molecule has 0 bridgehead atoms. The Kier molecular flexibility index (Phi) is 4.68. The second-order valence-electron chi connectivity index (χ2n) is 3.78. The van der Waals surface area contributed by atoms with E-state index >= 15 is 0 Å². The topological polar surface area (TPSA) is 84.0 Å². The molecule has 1 rings (SSSR count). The number of hydrogen-bond donors (Lipinski definition) is 2. The van der Waals surface area contributed by atoms with Crippen LogP contribution in [0.4, 0.5) is 11.6 Å². The van der Waals surface area contributed by atoms with Crippen LogP contribution in [0.25, 0.3) is 0 Å². The summed E-state index contributed by atoms with van der Waals surface area (Å²) in [5, 5.41) is 6.11. The van der Waals surface area contributed by atoms with Gasteiger partial charge < -0.3 is 10.6 Å². The van der Waals surface area contributed by atoms with Crippen LogP contribution in [-0.4, -0.2) is 43.5 Å². The smallest absolute Gasteiger partial charge is 0.149 e. The van der Waals surface area contributed by atoms with Crippen molar-refractivity contribution in [2.75, 3.05) is 35.7 Å². The zero-order chi connectivity index (χ0) is 12.9. The fraction of sp³-hybridized carbons (Fsp3) is 0.600. The standard InChI is InChI=1S/C10H18N4O2S/c1-4-11-9-8(2)10(14-7-13-9)12-5-6-17(3,15)16/h7H,4-6H2,1-3H3,(H2,11,12,13,14). The van der Waals surface area contributed by atoms with Crippen molar-refractivity contribution >= 4 is 21.5 Å². The Bertz CT molecular complexity index is 473. The Balaban J connectivity index is 2.68. The summed E-state index contributed by atoms with van der Waals surface area (Å²) in [4.78, 5) is 8.19. The first-order chi connectivity index (χ1) is 7.94. The monoisotopic (exact) mass is 258 g/mol. The van der Waals surface area contributed by atoms with Gasteiger partial charge in [-0.15, -0.1) is 0 Å². The molecule has 0 unspecified atom stereocenters. The molecule has 1 aromatic heterocycles. The van der Waals surface area contributed by atoms with E-state index in [1.54, 1.807) is 0 Å². The first kappa shape index (κ1) is 13.7. The van der Waals surface area contributed by atoms with E-state index in [9.17, 15) is 8.42 Å². The van der Waals surface area contributed by atoms with Gasteiger partial charge in [-0.2, -0.15) is 0 Å². The third kappa shape index (κ3) is 4.56. The van der Waals surface area contributed by atoms with Crippen LogP contribution in [0, 0.1) is 6.92 Å². The molecule has 0 spiro atoms. The number of sulfone groups is 1. The Morgan fingerprint density at radius 2 is 1.82 bits per heavy atom. The average Bonchev–Trinajstić information content (AvgIpc) is 2.22. The van der Waals surface area contributed by atoms with E-state index in [-0.39, 0.29) is 5.75 Å². The minimum absolute atomic E-state index is 0.0903. The predicted octanol–water partition coefficient (Wildman–Crippen LogP) is 0.673. The summed E-state index contributed by atoms with van der Waals surface area (Å²) < 4.78 is 22.0. The van der Waals surface area contributed by atoms with Crippen molar-refractivity contribution in [1.29, 1.82) is 0 Å². The van der Waals surface area contributed by atoms with Gasteiger partial charge in [0.05, 0.1) is 5.75 Å². The van der Waals surface area contributed by atoms with Gasteiger partial charge in [0, 0.05) is 24.9 Å². The molecule has 1 heterocycles. The zero-order valence-corrected chi connectivity index (χ0v) is 11.1. The fourth-order valence-electron chi connectivity index (χ4n) is 1.33. The lowest BCUT2D eigenvalue weighted by Gasteiger charge is -2.11. The van der Waals surface area contributed by atoms with E-state index in [2.05, 4.69) is 20.6 Å². The van der Waals surface area contributed by atoms with E-state index in [0.717, 1.165) is 17.9 Å². The lowest BCUT2D eigenvalue weighted by molar-refractivity contribution is 0.602. The number of nitrogens with one attached hydrogen (secondary N) is 2. The van der Waals surface area contributed by atoms with E-state index in [1.165, 1.54) is 12.6 Å². The summed E-state index contributed by atoms with van der Waals surface area (Å²) in [6.45, 7) is 5.00. The van der Waals surface area contributed by atoms with E-state index in [0.29, 0.717) is 12.4 Å². The Morgan fingerprint density at radius 3 is 2.35 bits per heavy atom. The molecular formula is C10H18N4O2S. The second kappa shape index (κ2) is 5.81. The molecule has 17 heavy (non-hydrogen) atoms. The average molecular weight is 258 g/mol. The fourth-order valence-corrected chi connectivity index (χ4v) is 1.80. The van der Waals surface area contributed by atoms with Crippen LogP contribution in [-0.2, 0) is 9.84 Å². The summed E-state index contributed by atoms with van der Waals surface area (Å²) in [6.07, 6.45) is 2.67. The van der Waals surface area contributed by atoms with Crippen LogP contribution < -0.4 is 10.6 Å². The molecule has 2 N–H and O–H groups in total. The highest BCUT2D eigenvalue weighted by Crippen LogP contribution is 2.17. The van der Waals surface area contributed by atoms with Crippen molar-refractivity contribution in [2.45, 2.75) is 13.8 Å². The van der Waals surface area contributed by atoms with Crippen LogP contribution in [0.15, 0.2) is 6.33 Å². The number of aromatic nitrogens is 2. The molecule has 0 amide bonds. The maximum atomic E-state index is 11.0. The lowest BCUT2D eigenvalue weighted by atomic mass is 10.3. The minimum atomic E-state index is -2.95. The molecule has 0 atom stereocenters. The van der Waals surface area contributed by atoms with Gasteiger partial charge in [-0.1, -0.05) is 0 Å². The van der Waals surface area contributed by atoms with Gasteiger partial charge in [0.2, 0.25) is 0 Å². The van der Waals surface area contributed by atoms with E-state index in [4.69, 9.17) is 0 Å². The summed E-state index contributed by atoms with van der Waals surface area (Å²) in [6, 6.07) is 0. The SMILES string of the molecule is CCNc1ncnc(NCCS(C)(=O)=O)c1C. The third-order valence-electron chi connectivity index (χ3n) is 2.19. The van der Waals surface area contributed by atoms with Crippen LogP contribution in [0.2, 0.25) is 0 Å². The largest absolute Gasteiger partial charge is 0.370 e. The highest BCUT2D eigenvalue weighted by atomic mass is 32.2. The Morgan fingerprint density at radius 1 is 1.24 bits per heavy atom. The molecule has 0 aliphatic carbocycles. The number of anilines is 2. The zero-order valence-electron chi connectivity index (χ0n) is 10.3. The predicted molar refractivity (Wildman–Crippen MR) is 69.1 cm³/mol. The molecule has 0 aliphatic rings. The van der Waals surface area contributed by atoms with Gasteiger partial charge in [0.25, 0.3) is 0 Å². The summed E-state index contributed by atoms with van der Waals surface area (Å²) >= 11 is 0. The summed E-state index contributed by atoms with van der Waals surface area (Å²) in [7, 11) is -2.95. The highest BCUT2D eigenvalue weighted by Gasteiger charge is 2.07. The molecule has 0 radical (unpaired) electrons. The van der Waals surface area contributed by atoms with E-state index in [1.807, 2.05) is 13.8 Å². The van der Waals surface area contributed by atoms with E-state index < -0.39 is 9.84 Å². The molecular weight excluding hydrogens is 240 g/mol. The number of rotatable bonds is 6. The molecule has 96 valence electrons. The molecule has 0 fully saturated rings. The van der Waals surface area contributed by atoms with Gasteiger partial charge >= 0.3 is 0 Å². The van der Waals surface area contributed by atoms with Crippen molar-refractivity contribution in [3.8, 4) is 0 Å². The van der Waals surface area contributed by atoms with Crippen molar-refractivity contribution in [2.24, 2.45) is 0 Å². The minimum Gasteiger partial charge on any atom is -0.370 e. The highest BCUT2D eigenvalue weighted by molar-refractivity contribution is 7.90. The van der Waals surface area contributed by atoms with Gasteiger partial charge in [-0.3, -0.25) is 0 Å². The van der Waals surface area contributed by atoms with Gasteiger partial charge in [-0.05, 0) is 13.8 Å². The van der Waals surface area contributed by atoms with Crippen molar-refractivity contribution < 1.29 is 8.42 Å². The molecule has 6 nitrogen and oxygen atoms in total. The van der Waals surface area contributed by atoms with Crippen LogP contribution in [0.1, 0.15) is 12.5 Å². The first-order valence-corrected chi connectivity index (χ1v) is 7.47. The third-order valence-corrected chi connectivity index (χ3v) is 3.14. The second-order valence-corrected chi connectivity index (χ2v) is 6.04. The number of nitrogens with zero attached hydrogens (tertiary/aromatic N) is 2. The quantitative estimate of drug-likeness (QED) is 0.780. The van der Waals surface area contributed by atoms with Gasteiger partial charge in [0.1, 0.15) is 27.8 Å². The lowest BCUT2D eigenvalue weighted by Crippen LogP contribution is -2.16. The number of hydrogen-bond acceptors (Lipinski definition) is 6. The van der Waals surface area contributed by atoms with Gasteiger partial charge in [0.15, 0.2) is 0 Å². The maximum absolute atomic E-state index is 11.0. The normalized spacial score (nSPS) is 11.2. The Labute approximate surface area is 102 Å². The molecule has 0 saturated heterocycles.